The van der Waals surface area contributed by atoms with Crippen molar-refractivity contribution in [2.24, 2.45) is 0 Å². The fourth-order valence-corrected chi connectivity index (χ4v) is 5.28. The highest BCUT2D eigenvalue weighted by molar-refractivity contribution is 7.89. The van der Waals surface area contributed by atoms with E-state index in [1.54, 1.807) is 36.5 Å². The molecule has 0 saturated carbocycles. The van der Waals surface area contributed by atoms with Crippen LogP contribution in [0.3, 0.4) is 0 Å². The highest BCUT2D eigenvalue weighted by Gasteiger charge is 2.29. The normalized spacial score (nSPS) is 12.2. The number of benzene rings is 2. The summed E-state index contributed by atoms with van der Waals surface area (Å²) in [7, 11) is -3.68. The predicted octanol–water partition coefficient (Wildman–Crippen LogP) is 4.51. The number of para-hydroxylation sites is 1. The molecule has 176 valence electrons. The van der Waals surface area contributed by atoms with Gasteiger partial charge in [-0.05, 0) is 62.9 Å². The zero-order valence-corrected chi connectivity index (χ0v) is 20.0. The Labute approximate surface area is 195 Å². The van der Waals surface area contributed by atoms with Crippen molar-refractivity contribution in [1.29, 1.82) is 0 Å². The molecule has 0 saturated heterocycles. The number of ether oxygens (including phenoxy) is 1. The highest BCUT2D eigenvalue weighted by atomic mass is 32.2. The molecule has 0 atom stereocenters. The van der Waals surface area contributed by atoms with Crippen molar-refractivity contribution in [3.8, 4) is 5.75 Å². The van der Waals surface area contributed by atoms with Crippen LogP contribution in [0, 0.1) is 0 Å². The van der Waals surface area contributed by atoms with Gasteiger partial charge in [-0.25, -0.2) is 13.2 Å². The van der Waals surface area contributed by atoms with Crippen molar-refractivity contribution in [1.82, 2.24) is 9.29 Å². The van der Waals surface area contributed by atoms with Crippen LogP contribution in [0.4, 0.5) is 0 Å². The molecule has 0 aliphatic rings. The van der Waals surface area contributed by atoms with E-state index in [2.05, 4.69) is 4.98 Å². The lowest BCUT2D eigenvalue weighted by Gasteiger charge is -2.22. The van der Waals surface area contributed by atoms with Gasteiger partial charge < -0.3 is 9.84 Å². The Kier molecular flexibility index (Phi) is 7.71. The molecular formula is C25H30N2O5S. The maximum atomic E-state index is 13.4. The monoisotopic (exact) mass is 470 g/mol. The SMILES string of the molecule is CCCN(CCCc1ccc(OC(C)(C)C(=O)O)cc1)S(=O)(=O)c1cccc2cccnc12. The summed E-state index contributed by atoms with van der Waals surface area (Å²) in [5.41, 5.74) is 0.199. The standard InChI is InChI=1S/C25H30N2O5S/c1-4-17-27(33(30,31)22-11-5-9-20-10-6-16-26-23(20)22)18-7-8-19-12-14-21(15-13-19)32-25(2,3)24(28)29/h5-6,9-16H,4,7-8,17-18H2,1-3H3,(H,28,29). The summed E-state index contributed by atoms with van der Waals surface area (Å²) in [6.45, 7) is 5.78. The van der Waals surface area contributed by atoms with E-state index in [9.17, 15) is 18.3 Å². The van der Waals surface area contributed by atoms with Crippen LogP contribution in [0.15, 0.2) is 65.7 Å². The Balaban J connectivity index is 1.69. The number of aryl methyl sites for hydroxylation is 1. The van der Waals surface area contributed by atoms with Gasteiger partial charge in [-0.3, -0.25) is 4.98 Å². The number of aromatic nitrogens is 1. The maximum absolute atomic E-state index is 13.4. The van der Waals surface area contributed by atoms with Crippen molar-refractivity contribution >= 4 is 26.9 Å². The van der Waals surface area contributed by atoms with E-state index in [4.69, 9.17) is 4.74 Å². The number of aliphatic carboxylic acids is 1. The number of carboxylic acids is 1. The Morgan fingerprint density at radius 2 is 1.76 bits per heavy atom. The maximum Gasteiger partial charge on any atom is 0.347 e. The third-order valence-electron chi connectivity index (χ3n) is 5.37. The van der Waals surface area contributed by atoms with Crippen LogP contribution in [-0.2, 0) is 21.2 Å². The molecule has 0 unspecified atom stereocenters. The summed E-state index contributed by atoms with van der Waals surface area (Å²) < 4.78 is 33.9. The highest BCUT2D eigenvalue weighted by Crippen LogP contribution is 2.25. The van der Waals surface area contributed by atoms with Crippen molar-refractivity contribution in [2.75, 3.05) is 13.1 Å². The molecule has 0 radical (unpaired) electrons. The van der Waals surface area contributed by atoms with Gasteiger partial charge in [0.25, 0.3) is 0 Å². The van der Waals surface area contributed by atoms with Gasteiger partial charge in [0.1, 0.15) is 10.6 Å². The van der Waals surface area contributed by atoms with Crippen LogP contribution in [0.2, 0.25) is 0 Å². The van der Waals surface area contributed by atoms with Gasteiger partial charge in [0.05, 0.1) is 5.52 Å². The Bertz CT molecular complexity index is 1200. The Hall–Kier alpha value is -2.97. The smallest absolute Gasteiger partial charge is 0.347 e. The lowest BCUT2D eigenvalue weighted by Crippen LogP contribution is -2.37. The lowest BCUT2D eigenvalue weighted by molar-refractivity contribution is -0.152. The largest absolute Gasteiger partial charge is 0.478 e. The Morgan fingerprint density at radius 1 is 1.06 bits per heavy atom. The van der Waals surface area contributed by atoms with Gasteiger partial charge in [0.2, 0.25) is 10.0 Å². The topological polar surface area (TPSA) is 96.8 Å². The molecule has 1 aromatic heterocycles. The average Bonchev–Trinajstić information content (AvgIpc) is 2.79. The molecule has 3 rings (SSSR count). The molecule has 1 heterocycles. The molecule has 0 spiro atoms. The van der Waals surface area contributed by atoms with Gasteiger partial charge in [0, 0.05) is 24.7 Å². The van der Waals surface area contributed by atoms with Crippen LogP contribution in [-0.4, -0.2) is 47.5 Å². The van der Waals surface area contributed by atoms with Crippen LogP contribution in [0.5, 0.6) is 5.75 Å². The lowest BCUT2D eigenvalue weighted by atomic mass is 10.1. The molecule has 7 nitrogen and oxygen atoms in total. The summed E-state index contributed by atoms with van der Waals surface area (Å²) >= 11 is 0. The Morgan fingerprint density at radius 3 is 2.42 bits per heavy atom. The van der Waals surface area contributed by atoms with Crippen LogP contribution in [0.1, 0.15) is 39.2 Å². The summed E-state index contributed by atoms with van der Waals surface area (Å²) in [5.74, 6) is -0.560. The van der Waals surface area contributed by atoms with Crippen molar-refractivity contribution in [3.05, 3.63) is 66.4 Å². The molecule has 0 fully saturated rings. The van der Waals surface area contributed by atoms with Gasteiger partial charge in [-0.1, -0.05) is 37.3 Å². The molecule has 2 aromatic carbocycles. The van der Waals surface area contributed by atoms with Gasteiger partial charge >= 0.3 is 5.97 Å². The molecule has 0 aliphatic carbocycles. The zero-order chi connectivity index (χ0) is 24.1. The van der Waals surface area contributed by atoms with Crippen LogP contribution in [0.25, 0.3) is 10.9 Å². The fraction of sp³-hybridized carbons (Fsp3) is 0.360. The summed E-state index contributed by atoms with van der Waals surface area (Å²) in [6, 6.07) is 16.1. The fourth-order valence-electron chi connectivity index (χ4n) is 3.55. The second-order valence-corrected chi connectivity index (χ2v) is 10.3. The van der Waals surface area contributed by atoms with E-state index in [0.717, 1.165) is 10.9 Å². The first kappa shape index (κ1) is 24.7. The number of rotatable bonds is 11. The first-order chi connectivity index (χ1) is 15.6. The second kappa shape index (κ2) is 10.3. The number of pyridine rings is 1. The van der Waals surface area contributed by atoms with Crippen LogP contribution >= 0.6 is 0 Å². The molecule has 0 bridgehead atoms. The van der Waals surface area contributed by atoms with E-state index in [0.29, 0.717) is 43.6 Å². The summed E-state index contributed by atoms with van der Waals surface area (Å²) in [5, 5.41) is 9.99. The number of fused-ring (bicyclic) bond motifs is 1. The quantitative estimate of drug-likeness (QED) is 0.443. The number of carbonyl (C=O) groups is 1. The minimum atomic E-state index is -3.68. The molecule has 0 aliphatic heterocycles. The minimum absolute atomic E-state index is 0.233. The first-order valence-electron chi connectivity index (χ1n) is 11.0. The van der Waals surface area contributed by atoms with Gasteiger partial charge in [-0.2, -0.15) is 4.31 Å². The summed E-state index contributed by atoms with van der Waals surface area (Å²) in [6.07, 6.45) is 3.66. The van der Waals surface area contributed by atoms with Crippen molar-refractivity contribution in [3.63, 3.8) is 0 Å². The van der Waals surface area contributed by atoms with Gasteiger partial charge in [-0.15, -0.1) is 0 Å². The van der Waals surface area contributed by atoms with Crippen LogP contribution < -0.4 is 4.74 Å². The first-order valence-corrected chi connectivity index (χ1v) is 12.4. The third-order valence-corrected chi connectivity index (χ3v) is 7.30. The third kappa shape index (κ3) is 5.89. The van der Waals surface area contributed by atoms with Crippen molar-refractivity contribution < 1.29 is 23.1 Å². The molecule has 33 heavy (non-hydrogen) atoms. The second-order valence-electron chi connectivity index (χ2n) is 8.40. The van der Waals surface area contributed by atoms with E-state index >= 15 is 0 Å². The predicted molar refractivity (Wildman–Crippen MR) is 128 cm³/mol. The van der Waals surface area contributed by atoms with E-state index in [1.165, 1.54) is 18.2 Å². The van der Waals surface area contributed by atoms with Gasteiger partial charge in [0.15, 0.2) is 5.60 Å². The zero-order valence-electron chi connectivity index (χ0n) is 19.2. The summed E-state index contributed by atoms with van der Waals surface area (Å²) in [4.78, 5) is 15.8. The minimum Gasteiger partial charge on any atom is -0.478 e. The average molecular weight is 471 g/mol. The molecule has 0 amide bonds. The van der Waals surface area contributed by atoms with E-state index in [1.807, 2.05) is 31.2 Å². The van der Waals surface area contributed by atoms with E-state index < -0.39 is 21.6 Å². The van der Waals surface area contributed by atoms with Crippen molar-refractivity contribution in [2.45, 2.75) is 50.5 Å². The van der Waals surface area contributed by atoms with E-state index in [-0.39, 0.29) is 4.90 Å². The number of carboxylic acid groups (broad SMARTS) is 1. The number of nitrogens with zero attached hydrogens (tertiary/aromatic N) is 2. The molecular weight excluding hydrogens is 440 g/mol. The number of hydrogen-bond acceptors (Lipinski definition) is 5. The molecule has 1 N–H and O–H groups in total. The number of sulfonamides is 1. The molecule has 8 heteroatoms. The molecule has 3 aromatic rings. The number of hydrogen-bond donors (Lipinski definition) is 1.